The van der Waals surface area contributed by atoms with Crippen LogP contribution in [-0.2, 0) is 19.1 Å². The second-order valence-electron chi connectivity index (χ2n) is 6.12. The SMILES string of the molecule is CC[C@@H]1OC(=O)[C@H](I)[C@H]1C(C)(SC)C(=O)OC(C)(C)C. The van der Waals surface area contributed by atoms with Crippen LogP contribution < -0.4 is 0 Å². The van der Waals surface area contributed by atoms with E-state index in [0.717, 1.165) is 0 Å². The molecule has 0 spiro atoms. The Morgan fingerprint density at radius 3 is 2.35 bits per heavy atom. The Labute approximate surface area is 138 Å². The number of hydrogen-bond acceptors (Lipinski definition) is 5. The summed E-state index contributed by atoms with van der Waals surface area (Å²) >= 11 is 3.51. The minimum absolute atomic E-state index is 0.176. The number of halogens is 1. The Morgan fingerprint density at radius 2 is 1.95 bits per heavy atom. The fraction of sp³-hybridized carbons (Fsp3) is 0.857. The quantitative estimate of drug-likeness (QED) is 0.402. The van der Waals surface area contributed by atoms with Crippen molar-refractivity contribution >= 4 is 46.3 Å². The van der Waals surface area contributed by atoms with Crippen LogP contribution in [0.3, 0.4) is 0 Å². The lowest BCUT2D eigenvalue weighted by Gasteiger charge is -2.36. The molecule has 0 aromatic heterocycles. The molecule has 0 aromatic carbocycles. The summed E-state index contributed by atoms with van der Waals surface area (Å²) in [5.41, 5.74) is -0.542. The highest BCUT2D eigenvalue weighted by atomic mass is 127. The second-order valence-corrected chi connectivity index (χ2v) is 8.72. The van der Waals surface area contributed by atoms with Crippen LogP contribution in [0.25, 0.3) is 0 Å². The molecule has 0 aromatic rings. The van der Waals surface area contributed by atoms with E-state index in [9.17, 15) is 9.59 Å². The molecule has 1 saturated heterocycles. The first-order chi connectivity index (χ1) is 9.06. The van der Waals surface area contributed by atoms with Crippen molar-refractivity contribution in [3.8, 4) is 0 Å². The maximum Gasteiger partial charge on any atom is 0.322 e. The van der Waals surface area contributed by atoms with Gasteiger partial charge in [0.2, 0.25) is 0 Å². The highest BCUT2D eigenvalue weighted by molar-refractivity contribution is 14.1. The molecule has 0 saturated carbocycles. The second kappa shape index (κ2) is 6.42. The number of alkyl halides is 1. The standard InChI is InChI=1S/C14H23IO4S/c1-7-8-9(10(15)11(16)18-8)14(5,20-6)12(17)19-13(2,3)4/h8-10H,7H2,1-6H3/t8-,9-,10+,14?/m0/s1. The molecule has 0 bridgehead atoms. The fourth-order valence-electron chi connectivity index (χ4n) is 2.33. The molecule has 1 rings (SSSR count). The van der Waals surface area contributed by atoms with Crippen molar-refractivity contribution in [3.05, 3.63) is 0 Å². The summed E-state index contributed by atoms with van der Waals surface area (Å²) in [7, 11) is 0. The maximum atomic E-state index is 12.6. The van der Waals surface area contributed by atoms with E-state index >= 15 is 0 Å². The predicted octanol–water partition coefficient (Wildman–Crippen LogP) is 3.21. The van der Waals surface area contributed by atoms with Gasteiger partial charge in [-0.1, -0.05) is 29.5 Å². The summed E-state index contributed by atoms with van der Waals surface area (Å²) < 4.78 is 9.85. The molecule has 1 fully saturated rings. The van der Waals surface area contributed by atoms with E-state index in [1.807, 2.05) is 40.9 Å². The van der Waals surface area contributed by atoms with Crippen LogP contribution in [-0.4, -0.2) is 38.6 Å². The van der Waals surface area contributed by atoms with E-state index in [4.69, 9.17) is 9.47 Å². The van der Waals surface area contributed by atoms with Gasteiger partial charge in [-0.2, -0.15) is 0 Å². The van der Waals surface area contributed by atoms with Gasteiger partial charge in [0.25, 0.3) is 0 Å². The average Bonchev–Trinajstić information content (AvgIpc) is 2.62. The van der Waals surface area contributed by atoms with Crippen molar-refractivity contribution in [1.29, 1.82) is 0 Å². The fourth-order valence-corrected chi connectivity index (χ4v) is 4.67. The minimum atomic E-state index is -0.786. The summed E-state index contributed by atoms with van der Waals surface area (Å²) in [5, 5.41) is 0. The highest BCUT2D eigenvalue weighted by Crippen LogP contribution is 2.45. The number of cyclic esters (lactones) is 1. The molecule has 6 heteroatoms. The van der Waals surface area contributed by atoms with Gasteiger partial charge in [0.05, 0.1) is 0 Å². The van der Waals surface area contributed by atoms with Crippen LogP contribution in [0.4, 0.5) is 0 Å². The zero-order chi connectivity index (χ0) is 15.7. The topological polar surface area (TPSA) is 52.6 Å². The van der Waals surface area contributed by atoms with Crippen LogP contribution in [0, 0.1) is 5.92 Å². The van der Waals surface area contributed by atoms with Crippen molar-refractivity contribution in [2.24, 2.45) is 5.92 Å². The first-order valence-electron chi connectivity index (χ1n) is 6.70. The normalized spacial score (nSPS) is 29.8. The van der Waals surface area contributed by atoms with Gasteiger partial charge in [-0.05, 0) is 40.4 Å². The lowest BCUT2D eigenvalue weighted by atomic mass is 9.85. The number of carbonyl (C=O) groups excluding carboxylic acids is 2. The molecule has 20 heavy (non-hydrogen) atoms. The van der Waals surface area contributed by atoms with E-state index in [1.165, 1.54) is 11.8 Å². The molecule has 0 amide bonds. The van der Waals surface area contributed by atoms with Crippen LogP contribution in [0.2, 0.25) is 0 Å². The van der Waals surface area contributed by atoms with Gasteiger partial charge in [0.1, 0.15) is 20.4 Å². The molecule has 1 aliphatic rings. The van der Waals surface area contributed by atoms with Gasteiger partial charge in [-0.15, -0.1) is 11.8 Å². The smallest absolute Gasteiger partial charge is 0.322 e. The van der Waals surface area contributed by atoms with Crippen molar-refractivity contribution in [2.75, 3.05) is 6.26 Å². The van der Waals surface area contributed by atoms with Crippen molar-refractivity contribution in [1.82, 2.24) is 0 Å². The monoisotopic (exact) mass is 414 g/mol. The molecule has 1 unspecified atom stereocenters. The molecule has 0 radical (unpaired) electrons. The number of thioether (sulfide) groups is 1. The molecule has 4 nitrogen and oxygen atoms in total. The number of hydrogen-bond donors (Lipinski definition) is 0. The summed E-state index contributed by atoms with van der Waals surface area (Å²) in [6, 6.07) is 0. The molecule has 0 N–H and O–H groups in total. The van der Waals surface area contributed by atoms with Crippen LogP contribution in [0.15, 0.2) is 0 Å². The van der Waals surface area contributed by atoms with E-state index in [2.05, 4.69) is 22.6 Å². The number of ether oxygens (including phenoxy) is 2. The lowest BCUT2D eigenvalue weighted by molar-refractivity contribution is -0.160. The third kappa shape index (κ3) is 3.61. The van der Waals surface area contributed by atoms with Crippen LogP contribution in [0.1, 0.15) is 41.0 Å². The Hall–Kier alpha value is 0.0200. The molecule has 1 heterocycles. The third-order valence-corrected chi connectivity index (χ3v) is 6.05. The van der Waals surface area contributed by atoms with Crippen molar-refractivity contribution in [3.63, 3.8) is 0 Å². The van der Waals surface area contributed by atoms with E-state index in [-0.39, 0.29) is 27.9 Å². The Morgan fingerprint density at radius 1 is 1.40 bits per heavy atom. The van der Waals surface area contributed by atoms with Crippen molar-refractivity contribution in [2.45, 2.75) is 61.4 Å². The molecule has 116 valence electrons. The first kappa shape index (κ1) is 18.1. The average molecular weight is 414 g/mol. The molecular weight excluding hydrogens is 391 g/mol. The van der Waals surface area contributed by atoms with Crippen LogP contribution >= 0.6 is 34.4 Å². The van der Waals surface area contributed by atoms with Crippen LogP contribution in [0.5, 0.6) is 0 Å². The first-order valence-corrected chi connectivity index (χ1v) is 9.17. The van der Waals surface area contributed by atoms with Gasteiger partial charge >= 0.3 is 11.9 Å². The number of rotatable bonds is 4. The van der Waals surface area contributed by atoms with Gasteiger partial charge < -0.3 is 9.47 Å². The largest absolute Gasteiger partial charge is 0.461 e. The van der Waals surface area contributed by atoms with Gasteiger partial charge in [-0.25, -0.2) is 0 Å². The zero-order valence-corrected chi connectivity index (χ0v) is 15.8. The molecule has 4 atom stereocenters. The summed E-state index contributed by atoms with van der Waals surface area (Å²) in [5.74, 6) is -0.683. The number of carbonyl (C=O) groups is 2. The Kier molecular flexibility index (Phi) is 5.80. The lowest BCUT2D eigenvalue weighted by Crippen LogP contribution is -2.49. The molecule has 0 aliphatic carbocycles. The van der Waals surface area contributed by atoms with Crippen molar-refractivity contribution < 1.29 is 19.1 Å². The third-order valence-electron chi connectivity index (χ3n) is 3.48. The summed E-state index contributed by atoms with van der Waals surface area (Å²) in [6.45, 7) is 9.37. The molecule has 1 aliphatic heterocycles. The highest BCUT2D eigenvalue weighted by Gasteiger charge is 2.56. The Bertz CT molecular complexity index is 393. The number of esters is 2. The van der Waals surface area contributed by atoms with E-state index in [0.29, 0.717) is 6.42 Å². The molecular formula is C14H23IO4S. The minimum Gasteiger partial charge on any atom is -0.461 e. The van der Waals surface area contributed by atoms with E-state index < -0.39 is 10.3 Å². The Balaban J connectivity index is 3.08. The summed E-state index contributed by atoms with van der Waals surface area (Å²) in [4.78, 5) is 24.4. The van der Waals surface area contributed by atoms with Gasteiger partial charge in [0, 0.05) is 5.92 Å². The predicted molar refractivity (Wildman–Crippen MR) is 89.2 cm³/mol. The zero-order valence-electron chi connectivity index (χ0n) is 12.9. The maximum absolute atomic E-state index is 12.6. The van der Waals surface area contributed by atoms with E-state index in [1.54, 1.807) is 0 Å². The van der Waals surface area contributed by atoms with Gasteiger partial charge in [0.15, 0.2) is 0 Å². The van der Waals surface area contributed by atoms with Gasteiger partial charge in [-0.3, -0.25) is 9.59 Å². The summed E-state index contributed by atoms with van der Waals surface area (Å²) in [6.07, 6.45) is 2.35.